The van der Waals surface area contributed by atoms with Crippen LogP contribution in [0.25, 0.3) is 5.69 Å². The van der Waals surface area contributed by atoms with E-state index in [9.17, 15) is 0 Å². The molecule has 4 heteroatoms. The van der Waals surface area contributed by atoms with Crippen molar-refractivity contribution in [3.8, 4) is 11.4 Å². The molecule has 1 aromatic heterocycles. The smallest absolute Gasteiger partial charge is 0.121 e. The Labute approximate surface area is 93.2 Å². The Morgan fingerprint density at radius 1 is 1.47 bits per heavy atom. The molecule has 0 bridgehead atoms. The van der Waals surface area contributed by atoms with E-state index in [0.717, 1.165) is 11.4 Å². The fourth-order valence-corrected chi connectivity index (χ4v) is 1.54. The summed E-state index contributed by atoms with van der Waals surface area (Å²) in [5.74, 6) is 0.799. The van der Waals surface area contributed by atoms with Gasteiger partial charge in [-0.1, -0.05) is 11.6 Å². The van der Waals surface area contributed by atoms with Crippen LogP contribution in [0.15, 0.2) is 36.7 Å². The van der Waals surface area contributed by atoms with Crippen molar-refractivity contribution in [3.05, 3.63) is 41.7 Å². The fourth-order valence-electron chi connectivity index (χ4n) is 1.34. The number of ether oxygens (including phenoxy) is 1. The molecule has 0 saturated heterocycles. The van der Waals surface area contributed by atoms with E-state index in [2.05, 4.69) is 5.10 Å². The second-order valence-corrected chi connectivity index (χ2v) is 3.40. The van der Waals surface area contributed by atoms with Gasteiger partial charge >= 0.3 is 0 Å². The van der Waals surface area contributed by atoms with Crippen LogP contribution in [-0.2, 0) is 0 Å². The number of rotatable bonds is 3. The summed E-state index contributed by atoms with van der Waals surface area (Å²) in [6.45, 7) is 2.59. The van der Waals surface area contributed by atoms with E-state index in [1.54, 1.807) is 10.9 Å². The van der Waals surface area contributed by atoms with Crippen LogP contribution >= 0.6 is 11.6 Å². The number of nitrogens with zero attached hydrogens (tertiary/aromatic N) is 2. The molecule has 0 spiro atoms. The minimum Gasteiger partial charge on any atom is -0.494 e. The van der Waals surface area contributed by atoms with Gasteiger partial charge in [0.2, 0.25) is 0 Å². The van der Waals surface area contributed by atoms with Gasteiger partial charge in [0.1, 0.15) is 5.75 Å². The largest absolute Gasteiger partial charge is 0.494 e. The van der Waals surface area contributed by atoms with Crippen LogP contribution < -0.4 is 4.74 Å². The van der Waals surface area contributed by atoms with Gasteiger partial charge in [0, 0.05) is 18.5 Å². The third-order valence-corrected chi connectivity index (χ3v) is 2.30. The molecule has 0 radical (unpaired) electrons. The van der Waals surface area contributed by atoms with E-state index in [4.69, 9.17) is 16.3 Å². The van der Waals surface area contributed by atoms with Gasteiger partial charge in [-0.05, 0) is 25.1 Å². The van der Waals surface area contributed by atoms with Gasteiger partial charge in [0.25, 0.3) is 0 Å². The summed E-state index contributed by atoms with van der Waals surface area (Å²) in [6.07, 6.45) is 3.56. The predicted octanol–water partition coefficient (Wildman–Crippen LogP) is 2.92. The van der Waals surface area contributed by atoms with Crippen LogP contribution in [0.5, 0.6) is 5.75 Å². The molecule has 3 nitrogen and oxygen atoms in total. The Balaban J connectivity index is 2.41. The third-order valence-electron chi connectivity index (χ3n) is 1.98. The zero-order valence-electron chi connectivity index (χ0n) is 8.35. The van der Waals surface area contributed by atoms with Gasteiger partial charge < -0.3 is 4.74 Å². The van der Waals surface area contributed by atoms with Crippen molar-refractivity contribution in [2.45, 2.75) is 6.92 Å². The predicted molar refractivity (Wildman–Crippen MR) is 59.7 cm³/mol. The highest BCUT2D eigenvalue weighted by Crippen LogP contribution is 2.24. The molecule has 2 aromatic rings. The number of aromatic nitrogens is 2. The van der Waals surface area contributed by atoms with Gasteiger partial charge in [-0.25, -0.2) is 4.68 Å². The maximum Gasteiger partial charge on any atom is 0.121 e. The molecular formula is C11H11ClN2O. The summed E-state index contributed by atoms with van der Waals surface area (Å²) in [4.78, 5) is 0. The van der Waals surface area contributed by atoms with E-state index < -0.39 is 0 Å². The number of benzene rings is 1. The Morgan fingerprint density at radius 2 is 2.33 bits per heavy atom. The molecule has 0 N–H and O–H groups in total. The summed E-state index contributed by atoms with van der Waals surface area (Å²) < 4.78 is 7.11. The Bertz CT molecular complexity index is 440. The first-order valence-electron chi connectivity index (χ1n) is 4.73. The number of halogens is 1. The average Bonchev–Trinajstić information content (AvgIpc) is 2.74. The molecule has 0 saturated carbocycles. The summed E-state index contributed by atoms with van der Waals surface area (Å²) >= 11 is 6.07. The highest BCUT2D eigenvalue weighted by atomic mass is 35.5. The monoisotopic (exact) mass is 222 g/mol. The van der Waals surface area contributed by atoms with Crippen molar-refractivity contribution in [3.63, 3.8) is 0 Å². The zero-order valence-corrected chi connectivity index (χ0v) is 9.11. The van der Waals surface area contributed by atoms with Crippen LogP contribution in [0.2, 0.25) is 5.02 Å². The first-order chi connectivity index (χ1) is 7.31. The SMILES string of the molecule is CCOc1ccc(Cl)c(-n2cccn2)c1. The normalized spacial score (nSPS) is 10.3. The quantitative estimate of drug-likeness (QED) is 0.799. The molecular weight excluding hydrogens is 212 g/mol. The highest BCUT2D eigenvalue weighted by Gasteiger charge is 2.04. The lowest BCUT2D eigenvalue weighted by atomic mass is 10.3. The summed E-state index contributed by atoms with van der Waals surface area (Å²) in [5, 5.41) is 4.78. The van der Waals surface area contributed by atoms with Gasteiger partial charge in [0.05, 0.1) is 17.3 Å². The molecule has 15 heavy (non-hydrogen) atoms. The molecule has 0 unspecified atom stereocenters. The standard InChI is InChI=1S/C11H11ClN2O/c1-2-15-9-4-5-10(12)11(8-9)14-7-3-6-13-14/h3-8H,2H2,1H3. The molecule has 1 aromatic carbocycles. The van der Waals surface area contributed by atoms with Crippen molar-refractivity contribution in [2.75, 3.05) is 6.61 Å². The second kappa shape index (κ2) is 4.36. The van der Waals surface area contributed by atoms with Crippen LogP contribution in [0.4, 0.5) is 0 Å². The van der Waals surface area contributed by atoms with Crippen molar-refractivity contribution >= 4 is 11.6 Å². The molecule has 0 amide bonds. The van der Waals surface area contributed by atoms with E-state index in [-0.39, 0.29) is 0 Å². The molecule has 0 atom stereocenters. The summed E-state index contributed by atoms with van der Waals surface area (Å²) in [6, 6.07) is 7.38. The molecule has 2 rings (SSSR count). The van der Waals surface area contributed by atoms with Gasteiger partial charge in [-0.2, -0.15) is 5.10 Å². The lowest BCUT2D eigenvalue weighted by Crippen LogP contribution is -1.97. The van der Waals surface area contributed by atoms with Gasteiger partial charge in [0.15, 0.2) is 0 Å². The van der Waals surface area contributed by atoms with Crippen LogP contribution in [0.1, 0.15) is 6.92 Å². The first-order valence-corrected chi connectivity index (χ1v) is 5.11. The lowest BCUT2D eigenvalue weighted by Gasteiger charge is -2.07. The van der Waals surface area contributed by atoms with E-state index in [0.29, 0.717) is 11.6 Å². The highest BCUT2D eigenvalue weighted by molar-refractivity contribution is 6.32. The van der Waals surface area contributed by atoms with E-state index in [1.807, 2.05) is 37.4 Å². The molecule has 78 valence electrons. The Hall–Kier alpha value is -1.48. The summed E-state index contributed by atoms with van der Waals surface area (Å²) in [5.41, 5.74) is 0.826. The number of hydrogen-bond donors (Lipinski definition) is 0. The maximum absolute atomic E-state index is 6.07. The van der Waals surface area contributed by atoms with Crippen molar-refractivity contribution in [1.29, 1.82) is 0 Å². The third kappa shape index (κ3) is 2.13. The van der Waals surface area contributed by atoms with Crippen LogP contribution in [-0.4, -0.2) is 16.4 Å². The van der Waals surface area contributed by atoms with Crippen LogP contribution in [0, 0.1) is 0 Å². The molecule has 0 aliphatic heterocycles. The average molecular weight is 223 g/mol. The molecule has 1 heterocycles. The Morgan fingerprint density at radius 3 is 3.00 bits per heavy atom. The van der Waals surface area contributed by atoms with Crippen LogP contribution in [0.3, 0.4) is 0 Å². The molecule has 0 aliphatic rings. The first kappa shape index (κ1) is 10.1. The summed E-state index contributed by atoms with van der Waals surface area (Å²) in [7, 11) is 0. The van der Waals surface area contributed by atoms with E-state index >= 15 is 0 Å². The van der Waals surface area contributed by atoms with Crippen molar-refractivity contribution in [2.24, 2.45) is 0 Å². The molecule has 0 aliphatic carbocycles. The van der Waals surface area contributed by atoms with Gasteiger partial charge in [-0.3, -0.25) is 0 Å². The van der Waals surface area contributed by atoms with Crippen molar-refractivity contribution < 1.29 is 4.74 Å². The minimum absolute atomic E-state index is 0.639. The van der Waals surface area contributed by atoms with Gasteiger partial charge in [-0.15, -0.1) is 0 Å². The minimum atomic E-state index is 0.639. The topological polar surface area (TPSA) is 27.1 Å². The second-order valence-electron chi connectivity index (χ2n) is 3.00. The molecule has 0 fully saturated rings. The number of hydrogen-bond acceptors (Lipinski definition) is 2. The van der Waals surface area contributed by atoms with E-state index in [1.165, 1.54) is 0 Å². The van der Waals surface area contributed by atoms with Crippen molar-refractivity contribution in [1.82, 2.24) is 9.78 Å². The lowest BCUT2D eigenvalue weighted by molar-refractivity contribution is 0.340. The zero-order chi connectivity index (χ0) is 10.7. The Kier molecular flexibility index (Phi) is 2.92. The fraction of sp³-hybridized carbons (Fsp3) is 0.182. The maximum atomic E-state index is 6.07.